The molecule has 2 aromatic rings. The lowest BCUT2D eigenvalue weighted by molar-refractivity contribution is 0.0940. The molecule has 1 heterocycles. The summed E-state index contributed by atoms with van der Waals surface area (Å²) in [6.45, 7) is 3.99. The quantitative estimate of drug-likeness (QED) is 0.833. The minimum atomic E-state index is -0.229. The number of aromatic nitrogens is 1. The number of nitrogen functional groups attached to an aromatic ring is 1. The average molecular weight is 305 g/mol. The number of benzene rings is 1. The van der Waals surface area contributed by atoms with Gasteiger partial charge in [0.25, 0.3) is 5.91 Å². The highest BCUT2D eigenvalue weighted by Crippen LogP contribution is 2.26. The van der Waals surface area contributed by atoms with Crippen LogP contribution < -0.4 is 15.8 Å². The first kappa shape index (κ1) is 15.3. The number of nitrogens with two attached hydrogens (primary N) is 1. The summed E-state index contributed by atoms with van der Waals surface area (Å²) in [6, 6.07) is 4.99. The van der Waals surface area contributed by atoms with Crippen LogP contribution in [0.2, 0.25) is 0 Å². The topological polar surface area (TPSA) is 77.2 Å². The van der Waals surface area contributed by atoms with Crippen LogP contribution in [0.15, 0.2) is 24.4 Å². The maximum Gasteiger partial charge on any atom is 0.254 e. The minimum Gasteiger partial charge on any atom is -0.495 e. The lowest BCUT2D eigenvalue weighted by atomic mass is 10.1. The van der Waals surface area contributed by atoms with Crippen LogP contribution in [0.25, 0.3) is 0 Å². The largest absolute Gasteiger partial charge is 0.495 e. The average Bonchev–Trinajstić information content (AvgIpc) is 2.96. The highest BCUT2D eigenvalue weighted by atomic mass is 32.1. The van der Waals surface area contributed by atoms with Crippen molar-refractivity contribution in [3.63, 3.8) is 0 Å². The Kier molecular flexibility index (Phi) is 4.80. The van der Waals surface area contributed by atoms with Gasteiger partial charge in [-0.1, -0.05) is 13.0 Å². The second kappa shape index (κ2) is 6.58. The van der Waals surface area contributed by atoms with Crippen molar-refractivity contribution in [2.45, 2.75) is 26.3 Å². The van der Waals surface area contributed by atoms with Gasteiger partial charge in [-0.3, -0.25) is 4.79 Å². The Morgan fingerprint density at radius 1 is 1.52 bits per heavy atom. The van der Waals surface area contributed by atoms with Crippen molar-refractivity contribution in [1.82, 2.24) is 10.3 Å². The molecule has 5 nitrogen and oxygen atoms in total. The number of nitrogens with one attached hydrogen (secondary N) is 1. The number of carbonyl (C=O) groups excluding carboxylic acids is 1. The fraction of sp³-hybridized carbons (Fsp3) is 0.333. The monoisotopic (exact) mass is 305 g/mol. The second-order valence-electron chi connectivity index (χ2n) is 4.64. The van der Waals surface area contributed by atoms with E-state index in [4.69, 9.17) is 10.5 Å². The van der Waals surface area contributed by atoms with E-state index >= 15 is 0 Å². The van der Waals surface area contributed by atoms with Crippen LogP contribution >= 0.6 is 11.3 Å². The van der Waals surface area contributed by atoms with Crippen LogP contribution in [0.4, 0.5) is 5.69 Å². The van der Waals surface area contributed by atoms with E-state index in [9.17, 15) is 4.79 Å². The normalized spacial score (nSPS) is 12.0. The van der Waals surface area contributed by atoms with E-state index in [1.54, 1.807) is 29.5 Å². The first-order chi connectivity index (χ1) is 10.1. The molecule has 3 N–H and O–H groups in total. The van der Waals surface area contributed by atoms with Gasteiger partial charge in [-0.25, -0.2) is 4.98 Å². The van der Waals surface area contributed by atoms with Gasteiger partial charge < -0.3 is 15.8 Å². The Bertz CT molecular complexity index is 640. The molecule has 0 saturated heterocycles. The van der Waals surface area contributed by atoms with Crippen molar-refractivity contribution in [2.75, 3.05) is 12.8 Å². The number of para-hydroxylation sites is 1. The summed E-state index contributed by atoms with van der Waals surface area (Å²) in [5.74, 6) is 0.268. The summed E-state index contributed by atoms with van der Waals surface area (Å²) in [7, 11) is 1.53. The summed E-state index contributed by atoms with van der Waals surface area (Å²) in [4.78, 5) is 17.9. The first-order valence-electron chi connectivity index (χ1n) is 6.74. The molecule has 0 aliphatic carbocycles. The van der Waals surface area contributed by atoms with E-state index < -0.39 is 0 Å². The van der Waals surface area contributed by atoms with Crippen molar-refractivity contribution >= 4 is 22.9 Å². The molecular weight excluding hydrogens is 286 g/mol. The summed E-state index contributed by atoms with van der Waals surface area (Å²) in [5, 5.41) is 3.81. The highest BCUT2D eigenvalue weighted by Gasteiger charge is 2.17. The predicted molar refractivity (Wildman–Crippen MR) is 84.8 cm³/mol. The van der Waals surface area contributed by atoms with Crippen LogP contribution in [-0.2, 0) is 6.42 Å². The van der Waals surface area contributed by atoms with Gasteiger partial charge in [-0.05, 0) is 25.5 Å². The highest BCUT2D eigenvalue weighted by molar-refractivity contribution is 7.11. The molecule has 0 radical (unpaired) electrons. The maximum absolute atomic E-state index is 12.3. The zero-order valence-corrected chi connectivity index (χ0v) is 13.2. The maximum atomic E-state index is 12.3. The molecule has 0 aliphatic heterocycles. The molecule has 0 saturated carbocycles. The zero-order valence-electron chi connectivity index (χ0n) is 12.3. The molecule has 0 aliphatic rings. The van der Waals surface area contributed by atoms with Crippen molar-refractivity contribution < 1.29 is 9.53 Å². The van der Waals surface area contributed by atoms with E-state index in [1.807, 2.05) is 13.1 Å². The Morgan fingerprint density at radius 3 is 2.90 bits per heavy atom. The number of carbonyl (C=O) groups is 1. The van der Waals surface area contributed by atoms with Crippen LogP contribution in [0.5, 0.6) is 5.75 Å². The molecule has 21 heavy (non-hydrogen) atoms. The third-order valence-corrected chi connectivity index (χ3v) is 4.49. The van der Waals surface area contributed by atoms with Gasteiger partial charge >= 0.3 is 0 Å². The molecular formula is C15H19N3O2S. The van der Waals surface area contributed by atoms with Crippen LogP contribution in [0, 0.1) is 0 Å². The third-order valence-electron chi connectivity index (χ3n) is 3.17. The first-order valence-corrected chi connectivity index (χ1v) is 7.56. The molecule has 1 unspecified atom stereocenters. The van der Waals surface area contributed by atoms with E-state index in [0.717, 1.165) is 11.4 Å². The summed E-state index contributed by atoms with van der Waals surface area (Å²) < 4.78 is 5.13. The number of methoxy groups -OCH3 is 1. The minimum absolute atomic E-state index is 0.159. The van der Waals surface area contributed by atoms with Crippen molar-refractivity contribution in [3.05, 3.63) is 39.8 Å². The number of thiazole rings is 1. The standard InChI is InChI=1S/C15H19N3O2S/c1-4-10-8-17-15(21-10)9(2)18-14(19)11-6-5-7-12(20-3)13(11)16/h5-9H,4,16H2,1-3H3,(H,18,19). The van der Waals surface area contributed by atoms with Gasteiger partial charge in [-0.15, -0.1) is 11.3 Å². The molecule has 1 atom stereocenters. The number of aryl methyl sites for hydroxylation is 1. The number of anilines is 1. The smallest absolute Gasteiger partial charge is 0.254 e. The van der Waals surface area contributed by atoms with Crippen LogP contribution in [0.1, 0.15) is 40.1 Å². The molecule has 112 valence electrons. The van der Waals surface area contributed by atoms with Crippen LogP contribution in [0.3, 0.4) is 0 Å². The number of ether oxygens (including phenoxy) is 1. The summed E-state index contributed by atoms with van der Waals surface area (Å²) >= 11 is 1.61. The van der Waals surface area contributed by atoms with Gasteiger partial charge in [0, 0.05) is 11.1 Å². The lowest BCUT2D eigenvalue weighted by Gasteiger charge is -2.14. The molecule has 2 rings (SSSR count). The second-order valence-corrected chi connectivity index (χ2v) is 5.78. The van der Waals surface area contributed by atoms with Gasteiger partial charge in [0.15, 0.2) is 0 Å². The van der Waals surface area contributed by atoms with Crippen molar-refractivity contribution in [2.24, 2.45) is 0 Å². The van der Waals surface area contributed by atoms with Gasteiger partial charge in [0.1, 0.15) is 10.8 Å². The van der Waals surface area contributed by atoms with E-state index in [-0.39, 0.29) is 11.9 Å². The molecule has 0 fully saturated rings. The molecule has 0 spiro atoms. The van der Waals surface area contributed by atoms with E-state index in [1.165, 1.54) is 12.0 Å². The number of nitrogens with zero attached hydrogens (tertiary/aromatic N) is 1. The van der Waals surface area contributed by atoms with Crippen molar-refractivity contribution in [1.29, 1.82) is 0 Å². The Balaban J connectivity index is 2.14. The van der Waals surface area contributed by atoms with Gasteiger partial charge in [-0.2, -0.15) is 0 Å². The van der Waals surface area contributed by atoms with Crippen molar-refractivity contribution in [3.8, 4) is 5.75 Å². The Morgan fingerprint density at radius 2 is 2.29 bits per heavy atom. The lowest BCUT2D eigenvalue weighted by Crippen LogP contribution is -2.27. The molecule has 1 aromatic heterocycles. The molecule has 1 aromatic carbocycles. The molecule has 1 amide bonds. The fourth-order valence-corrected chi connectivity index (χ4v) is 2.80. The summed E-state index contributed by atoms with van der Waals surface area (Å²) in [5.41, 5.74) is 6.69. The number of rotatable bonds is 5. The Labute approximate surface area is 128 Å². The fourth-order valence-electron chi connectivity index (χ4n) is 1.94. The SMILES string of the molecule is CCc1cnc(C(C)NC(=O)c2cccc(OC)c2N)s1. The zero-order chi connectivity index (χ0) is 15.4. The molecule has 0 bridgehead atoms. The predicted octanol–water partition coefficient (Wildman–Crippen LogP) is 2.79. The molecule has 6 heteroatoms. The number of hydrogen-bond donors (Lipinski definition) is 2. The van der Waals surface area contributed by atoms with E-state index in [0.29, 0.717) is 17.0 Å². The van der Waals surface area contributed by atoms with E-state index in [2.05, 4.69) is 17.2 Å². The third kappa shape index (κ3) is 3.33. The number of amides is 1. The Hall–Kier alpha value is -2.08. The summed E-state index contributed by atoms with van der Waals surface area (Å²) in [6.07, 6.45) is 2.80. The van der Waals surface area contributed by atoms with Crippen LogP contribution in [-0.4, -0.2) is 18.0 Å². The van der Waals surface area contributed by atoms with Gasteiger partial charge in [0.2, 0.25) is 0 Å². The number of hydrogen-bond acceptors (Lipinski definition) is 5. The van der Waals surface area contributed by atoms with Gasteiger partial charge in [0.05, 0.1) is 24.4 Å².